The minimum atomic E-state index is -0.0866. The van der Waals surface area contributed by atoms with E-state index in [2.05, 4.69) is 44.7 Å². The van der Waals surface area contributed by atoms with Crippen molar-refractivity contribution in [2.45, 2.75) is 12.8 Å². The predicted molar refractivity (Wildman–Crippen MR) is 127 cm³/mol. The van der Waals surface area contributed by atoms with Crippen molar-refractivity contribution in [3.63, 3.8) is 0 Å². The first-order valence-corrected chi connectivity index (χ1v) is 11.6. The van der Waals surface area contributed by atoms with E-state index in [4.69, 9.17) is 0 Å². The number of nitrogens with one attached hydrogen (secondary N) is 2. The molecule has 1 fully saturated rings. The van der Waals surface area contributed by atoms with Crippen LogP contribution in [0.1, 0.15) is 12.0 Å². The highest BCUT2D eigenvalue weighted by Gasteiger charge is 2.28. The number of piperazine rings is 1. The maximum Gasteiger partial charge on any atom is 0.251 e. The highest BCUT2D eigenvalue weighted by atomic mass is 16.2. The third kappa shape index (κ3) is 4.78. The summed E-state index contributed by atoms with van der Waals surface area (Å²) in [7, 11) is 0. The Morgan fingerprint density at radius 3 is 2.79 bits per heavy atom. The Morgan fingerprint density at radius 1 is 1.06 bits per heavy atom. The Kier molecular flexibility index (Phi) is 6.13. The molecule has 0 bridgehead atoms. The fraction of sp³-hybridized carbons (Fsp3) is 0.308. The van der Waals surface area contributed by atoms with E-state index < -0.39 is 0 Å². The first-order chi connectivity index (χ1) is 16.2. The molecule has 0 radical (unpaired) electrons. The van der Waals surface area contributed by atoms with Gasteiger partial charge in [-0.25, -0.2) is 0 Å². The van der Waals surface area contributed by atoms with Crippen LogP contribution < -0.4 is 10.6 Å². The van der Waals surface area contributed by atoms with Crippen molar-refractivity contribution in [2.75, 3.05) is 39.3 Å². The Bertz CT molecular complexity index is 1080. The van der Waals surface area contributed by atoms with E-state index >= 15 is 0 Å². The van der Waals surface area contributed by atoms with Gasteiger partial charge in [0.25, 0.3) is 5.91 Å². The van der Waals surface area contributed by atoms with E-state index in [-0.39, 0.29) is 11.8 Å². The number of allylic oxidation sites excluding steroid dienone is 4. The number of hydrogen-bond donors (Lipinski definition) is 2. The second-order valence-electron chi connectivity index (χ2n) is 8.63. The van der Waals surface area contributed by atoms with Crippen LogP contribution in [0.15, 0.2) is 89.7 Å². The fourth-order valence-corrected chi connectivity index (χ4v) is 4.54. The van der Waals surface area contributed by atoms with Crippen LogP contribution in [0.2, 0.25) is 0 Å². The zero-order valence-electron chi connectivity index (χ0n) is 18.7. The lowest BCUT2D eigenvalue weighted by Crippen LogP contribution is -2.51. The zero-order valence-corrected chi connectivity index (χ0v) is 18.7. The molecule has 7 heteroatoms. The molecular formula is C26H29N5O2. The Hall–Kier alpha value is -3.58. The van der Waals surface area contributed by atoms with Crippen molar-refractivity contribution >= 4 is 11.8 Å². The lowest BCUT2D eigenvalue weighted by molar-refractivity contribution is -0.136. The molecule has 5 rings (SSSR count). The van der Waals surface area contributed by atoms with Gasteiger partial charge in [-0.2, -0.15) is 0 Å². The van der Waals surface area contributed by atoms with Crippen molar-refractivity contribution in [3.05, 3.63) is 95.3 Å². The van der Waals surface area contributed by atoms with Gasteiger partial charge in [0.2, 0.25) is 5.91 Å². The monoisotopic (exact) mass is 443 g/mol. The van der Waals surface area contributed by atoms with E-state index in [0.717, 1.165) is 49.7 Å². The Labute approximate surface area is 194 Å². The summed E-state index contributed by atoms with van der Waals surface area (Å²) in [6.07, 6.45) is 13.4. The molecule has 170 valence electrons. The van der Waals surface area contributed by atoms with E-state index in [0.29, 0.717) is 25.2 Å². The van der Waals surface area contributed by atoms with E-state index in [9.17, 15) is 9.59 Å². The maximum absolute atomic E-state index is 12.7. The molecule has 1 saturated heterocycles. The Morgan fingerprint density at radius 2 is 1.94 bits per heavy atom. The van der Waals surface area contributed by atoms with Crippen LogP contribution in [0.3, 0.4) is 0 Å². The number of carbonyl (C=O) groups excluding carboxylic acids is 2. The van der Waals surface area contributed by atoms with Crippen LogP contribution in [0.25, 0.3) is 0 Å². The standard InChI is InChI=1S/C26H29N5O2/c32-25-19-29(13-10-20-6-2-1-3-7-20)14-15-30(25)12-5-11-27-26(33)21-16-22-8-4-9-24-28-18-23(17-21)31(22)24/h1-4,6-9,16-18,28H,5,10-15,19H2,(H,27,33). The molecule has 2 N–H and O–H groups in total. The van der Waals surface area contributed by atoms with Crippen LogP contribution in [0.5, 0.6) is 0 Å². The third-order valence-corrected chi connectivity index (χ3v) is 6.36. The quantitative estimate of drug-likeness (QED) is 0.601. The number of benzene rings is 1. The van der Waals surface area contributed by atoms with Crippen molar-refractivity contribution in [2.24, 2.45) is 0 Å². The van der Waals surface area contributed by atoms with Crippen LogP contribution >= 0.6 is 0 Å². The second kappa shape index (κ2) is 9.50. The van der Waals surface area contributed by atoms with Gasteiger partial charge >= 0.3 is 0 Å². The minimum absolute atomic E-state index is 0.0866. The summed E-state index contributed by atoms with van der Waals surface area (Å²) in [5.74, 6) is 1.09. The number of nitrogens with zero attached hydrogens (tertiary/aromatic N) is 3. The summed E-state index contributed by atoms with van der Waals surface area (Å²) >= 11 is 0. The molecule has 4 heterocycles. The topological polar surface area (TPSA) is 67.9 Å². The van der Waals surface area contributed by atoms with E-state index in [1.165, 1.54) is 5.56 Å². The molecule has 0 aromatic heterocycles. The van der Waals surface area contributed by atoms with Crippen LogP contribution in [0.4, 0.5) is 0 Å². The largest absolute Gasteiger partial charge is 0.352 e. The lowest BCUT2D eigenvalue weighted by Gasteiger charge is -2.34. The maximum atomic E-state index is 12.7. The predicted octanol–water partition coefficient (Wildman–Crippen LogP) is 1.86. The Balaban J connectivity index is 1.04. The molecule has 0 saturated carbocycles. The van der Waals surface area contributed by atoms with Crippen molar-refractivity contribution in [1.29, 1.82) is 0 Å². The zero-order chi connectivity index (χ0) is 22.6. The van der Waals surface area contributed by atoms with Gasteiger partial charge in [0.05, 0.1) is 12.2 Å². The van der Waals surface area contributed by atoms with E-state index in [1.54, 1.807) is 0 Å². The van der Waals surface area contributed by atoms with Gasteiger partial charge in [0, 0.05) is 50.2 Å². The second-order valence-corrected chi connectivity index (χ2v) is 8.63. The van der Waals surface area contributed by atoms with Gasteiger partial charge in [0.15, 0.2) is 0 Å². The number of amides is 2. The molecule has 7 nitrogen and oxygen atoms in total. The fourth-order valence-electron chi connectivity index (χ4n) is 4.54. The molecule has 1 aromatic rings. The third-order valence-electron chi connectivity index (χ3n) is 6.36. The average Bonchev–Trinajstić information content (AvgIpc) is 3.26. The van der Waals surface area contributed by atoms with Gasteiger partial charge in [-0.1, -0.05) is 36.4 Å². The summed E-state index contributed by atoms with van der Waals surface area (Å²) in [5, 5.41) is 6.22. The first kappa shape index (κ1) is 21.3. The summed E-state index contributed by atoms with van der Waals surface area (Å²) in [6.45, 7) is 4.24. The first-order valence-electron chi connectivity index (χ1n) is 11.6. The molecular weight excluding hydrogens is 414 g/mol. The summed E-state index contributed by atoms with van der Waals surface area (Å²) in [6, 6.07) is 10.4. The van der Waals surface area contributed by atoms with Crippen molar-refractivity contribution in [3.8, 4) is 0 Å². The summed E-state index contributed by atoms with van der Waals surface area (Å²) < 4.78 is 0. The van der Waals surface area contributed by atoms with Gasteiger partial charge in [0.1, 0.15) is 5.82 Å². The molecule has 2 amide bonds. The molecule has 4 aliphatic heterocycles. The number of carbonyl (C=O) groups is 2. The number of rotatable bonds is 8. The number of hydrogen-bond acceptors (Lipinski definition) is 5. The smallest absolute Gasteiger partial charge is 0.251 e. The summed E-state index contributed by atoms with van der Waals surface area (Å²) in [4.78, 5) is 31.5. The molecule has 1 aromatic carbocycles. The van der Waals surface area contributed by atoms with Gasteiger partial charge in [-0.3, -0.25) is 19.4 Å². The molecule has 0 unspecified atom stereocenters. The van der Waals surface area contributed by atoms with Crippen LogP contribution in [-0.4, -0.2) is 65.8 Å². The molecule has 4 aliphatic rings. The molecule has 33 heavy (non-hydrogen) atoms. The average molecular weight is 444 g/mol. The highest BCUT2D eigenvalue weighted by molar-refractivity contribution is 5.97. The molecule has 0 atom stereocenters. The molecule has 0 spiro atoms. The van der Waals surface area contributed by atoms with Crippen LogP contribution in [-0.2, 0) is 16.0 Å². The van der Waals surface area contributed by atoms with E-state index in [1.807, 2.05) is 47.5 Å². The van der Waals surface area contributed by atoms with Crippen molar-refractivity contribution in [1.82, 2.24) is 25.3 Å². The summed E-state index contributed by atoms with van der Waals surface area (Å²) in [5.41, 5.74) is 3.89. The highest BCUT2D eigenvalue weighted by Crippen LogP contribution is 2.32. The minimum Gasteiger partial charge on any atom is -0.352 e. The van der Waals surface area contributed by atoms with Crippen LogP contribution in [0, 0.1) is 0 Å². The van der Waals surface area contributed by atoms with Crippen molar-refractivity contribution < 1.29 is 9.59 Å². The van der Waals surface area contributed by atoms with Gasteiger partial charge in [-0.05, 0) is 42.7 Å². The van der Waals surface area contributed by atoms with Gasteiger partial charge in [-0.15, -0.1) is 0 Å². The molecule has 0 aliphatic carbocycles. The lowest BCUT2D eigenvalue weighted by atomic mass is 10.1. The SMILES string of the molecule is O=C(NCCCN1CCN(CCc2ccccc2)CC1=O)C1=CC2=CNC3=CC=CC(=C1)N23. The normalized spacial score (nSPS) is 19.3. The van der Waals surface area contributed by atoms with Gasteiger partial charge < -0.3 is 15.5 Å².